The first-order valence-electron chi connectivity index (χ1n) is 24.1. The van der Waals surface area contributed by atoms with Crippen molar-refractivity contribution in [3.8, 4) is 0 Å². The zero-order chi connectivity index (χ0) is 54.5. The Kier molecular flexibility index (Phi) is 25.9. The molecule has 0 aromatic heterocycles. The number of amides is 1. The van der Waals surface area contributed by atoms with Crippen LogP contribution in [0.25, 0.3) is 0 Å². The molecule has 0 aromatic rings. The summed E-state index contributed by atoms with van der Waals surface area (Å²) in [7, 11) is 0. The van der Waals surface area contributed by atoms with Crippen LogP contribution in [0.5, 0.6) is 0 Å². The second-order valence-corrected chi connectivity index (χ2v) is 17.3. The van der Waals surface area contributed by atoms with Crippen LogP contribution in [0.15, 0.2) is 0 Å². The zero-order valence-corrected chi connectivity index (χ0v) is 43.1. The predicted octanol–water partition coefficient (Wildman–Crippen LogP) is 1.48. The maximum absolute atomic E-state index is 13.5. The molecule has 1 N–H and O–H groups in total. The Morgan fingerprint density at radius 3 is 1.21 bits per heavy atom. The second kappa shape index (κ2) is 30.6. The molecule has 0 bridgehead atoms. The molecule has 26 nitrogen and oxygen atoms in total. The van der Waals surface area contributed by atoms with Crippen LogP contribution >= 0.6 is 0 Å². The van der Waals surface area contributed by atoms with Crippen LogP contribution in [0, 0.1) is 0 Å². The third-order valence-corrected chi connectivity index (χ3v) is 11.0. The molecule has 0 aromatic carbocycles. The van der Waals surface area contributed by atoms with Gasteiger partial charge in [-0.1, -0.05) is 46.0 Å². The molecule has 73 heavy (non-hydrogen) atoms. The summed E-state index contributed by atoms with van der Waals surface area (Å²) in [4.78, 5) is 127. The van der Waals surface area contributed by atoms with Crippen LogP contribution < -0.4 is 5.32 Å². The molecule has 0 spiro atoms. The Morgan fingerprint density at radius 1 is 0.384 bits per heavy atom. The maximum atomic E-state index is 13.5. The number of hydrogen-bond acceptors (Lipinski definition) is 25. The summed E-state index contributed by atoms with van der Waals surface area (Å²) in [6.45, 7) is 11.2. The summed E-state index contributed by atoms with van der Waals surface area (Å²) in [5.74, 6) is -8.67. The molecule has 3 fully saturated rings. The smallest absolute Gasteiger partial charge is 0.303 e. The molecule has 1 amide bonds. The van der Waals surface area contributed by atoms with E-state index in [1.807, 2.05) is 0 Å². The minimum Gasteiger partial charge on any atom is -0.463 e. The molecule has 3 rings (SSSR count). The van der Waals surface area contributed by atoms with E-state index < -0.39 is 172 Å². The number of rotatable bonds is 26. The lowest BCUT2D eigenvalue weighted by atomic mass is 9.94. The van der Waals surface area contributed by atoms with Crippen LogP contribution in [0.1, 0.15) is 121 Å². The van der Waals surface area contributed by atoms with Gasteiger partial charge in [0.1, 0.15) is 50.3 Å². The van der Waals surface area contributed by atoms with E-state index >= 15 is 0 Å². The molecule has 3 aliphatic rings. The van der Waals surface area contributed by atoms with E-state index in [2.05, 4.69) is 12.2 Å². The summed E-state index contributed by atoms with van der Waals surface area (Å²) < 4.78 is 88.3. The number of esters is 9. The topological polar surface area (TPSA) is 321 Å². The van der Waals surface area contributed by atoms with Gasteiger partial charge in [0.15, 0.2) is 61.6 Å². The minimum atomic E-state index is -1.94. The van der Waals surface area contributed by atoms with Gasteiger partial charge in [-0.2, -0.15) is 0 Å². The minimum absolute atomic E-state index is 0.0422. The molecule has 15 atom stereocenters. The third kappa shape index (κ3) is 20.4. The SMILES string of the molecule is CCCCCCCCO[C@H]1O[C@H](COC(C)=O)[C@@H](OC(C)=O)[C@H](OC(C)=O)[C@@H]1O[C@@H]1O[C@H](COC(C)=O)[C@@H](O[C@@H]2O[C@H](COC(C)=O)[C@H](OC(C)=O)[C@H](OC(C)=O)[C@H]2OC(C)=O)[C@H](OC(C)=O)[C@H]1NC(=O)CC. The predicted molar refractivity (Wildman–Crippen MR) is 241 cm³/mol. The summed E-state index contributed by atoms with van der Waals surface area (Å²) in [6, 6.07) is -1.66. The maximum Gasteiger partial charge on any atom is 0.303 e. The Hall–Kier alpha value is -5.54. The highest BCUT2D eigenvalue weighted by atomic mass is 16.8. The molecule has 414 valence electrons. The van der Waals surface area contributed by atoms with E-state index in [0.717, 1.165) is 94.4 Å². The Bertz CT molecular complexity index is 1890. The van der Waals surface area contributed by atoms with Gasteiger partial charge in [0, 0.05) is 75.3 Å². The average molecular weight is 1050 g/mol. The normalized spacial score (nSPS) is 29.8. The van der Waals surface area contributed by atoms with Crippen molar-refractivity contribution in [2.45, 2.75) is 213 Å². The molecule has 26 heteroatoms. The van der Waals surface area contributed by atoms with E-state index in [9.17, 15) is 47.9 Å². The molecule has 3 heterocycles. The van der Waals surface area contributed by atoms with Gasteiger partial charge in [-0.3, -0.25) is 47.9 Å². The van der Waals surface area contributed by atoms with Gasteiger partial charge in [-0.25, -0.2) is 0 Å². The molecule has 3 aliphatic heterocycles. The first kappa shape index (κ1) is 61.8. The van der Waals surface area contributed by atoms with Crippen molar-refractivity contribution >= 4 is 59.6 Å². The first-order valence-corrected chi connectivity index (χ1v) is 24.1. The summed E-state index contributed by atoms with van der Waals surface area (Å²) in [5, 5.41) is 2.70. The van der Waals surface area contributed by atoms with Gasteiger partial charge < -0.3 is 76.4 Å². The number of carbonyl (C=O) groups is 10. The summed E-state index contributed by atoms with van der Waals surface area (Å²) in [6.07, 6.45) is -18.4. The fourth-order valence-corrected chi connectivity index (χ4v) is 8.13. The van der Waals surface area contributed by atoms with Crippen molar-refractivity contribution in [2.24, 2.45) is 0 Å². The molecule has 0 unspecified atom stereocenters. The van der Waals surface area contributed by atoms with Gasteiger partial charge in [-0.15, -0.1) is 0 Å². The van der Waals surface area contributed by atoms with Gasteiger partial charge in [0.25, 0.3) is 0 Å². The van der Waals surface area contributed by atoms with E-state index in [1.165, 1.54) is 6.92 Å². The van der Waals surface area contributed by atoms with Crippen molar-refractivity contribution in [1.29, 1.82) is 0 Å². The van der Waals surface area contributed by atoms with Crippen LogP contribution in [0.3, 0.4) is 0 Å². The highest BCUT2D eigenvalue weighted by Crippen LogP contribution is 2.37. The van der Waals surface area contributed by atoms with Gasteiger partial charge in [0.2, 0.25) is 5.91 Å². The lowest BCUT2D eigenvalue weighted by Gasteiger charge is -2.51. The standard InChI is InChI=1S/C47H71NO25/c1-12-14-15-16-17-18-19-59-46-43(41(66-29(9)55)38(63-26(6)52)33(70-46)21-61-24(4)50)73-45-36(48-35(58)13-2)40(65-28(8)54)37(32(69-45)20-60-23(3)49)72-47-44(68-31(11)57)42(67-30(10)56)39(64-27(7)53)34(71-47)22-62-25(5)51/h32-34,36-47H,12-22H2,1-11H3,(H,48,58)/t32-,33-,34-,36-,37-,38-,39+,40-,41+,42+,43+,44-,45+,46+,47+/m1/s1. The Balaban J connectivity index is 2.30. The Labute approximate surface area is 422 Å². The molecule has 0 aliphatic carbocycles. The van der Waals surface area contributed by atoms with E-state index in [-0.39, 0.29) is 13.0 Å². The highest BCUT2D eigenvalue weighted by Gasteiger charge is 2.59. The van der Waals surface area contributed by atoms with Crippen molar-refractivity contribution in [1.82, 2.24) is 5.32 Å². The van der Waals surface area contributed by atoms with Gasteiger partial charge in [-0.05, 0) is 6.42 Å². The molecular weight excluding hydrogens is 978 g/mol. The number of unbranched alkanes of at least 4 members (excludes halogenated alkanes) is 5. The van der Waals surface area contributed by atoms with Gasteiger partial charge >= 0.3 is 53.7 Å². The Morgan fingerprint density at radius 2 is 0.753 bits per heavy atom. The van der Waals surface area contributed by atoms with Crippen LogP contribution in [-0.2, 0) is 119 Å². The van der Waals surface area contributed by atoms with E-state index in [4.69, 9.17) is 71.1 Å². The number of hydrogen-bond donors (Lipinski definition) is 1. The summed E-state index contributed by atoms with van der Waals surface area (Å²) >= 11 is 0. The van der Waals surface area contributed by atoms with Gasteiger partial charge in [0.05, 0.1) is 0 Å². The highest BCUT2D eigenvalue weighted by molar-refractivity contribution is 5.76. The fourth-order valence-electron chi connectivity index (χ4n) is 8.13. The quantitative estimate of drug-likeness (QED) is 0.0728. The van der Waals surface area contributed by atoms with Crippen molar-refractivity contribution in [3.05, 3.63) is 0 Å². The van der Waals surface area contributed by atoms with E-state index in [1.54, 1.807) is 0 Å². The second-order valence-electron chi connectivity index (χ2n) is 17.3. The lowest BCUT2D eigenvalue weighted by Crippen LogP contribution is -2.70. The fraction of sp³-hybridized carbons (Fsp3) is 0.787. The van der Waals surface area contributed by atoms with Crippen LogP contribution in [0.2, 0.25) is 0 Å². The van der Waals surface area contributed by atoms with Crippen molar-refractivity contribution in [2.75, 3.05) is 26.4 Å². The molecule has 0 saturated carbocycles. The molecular formula is C47H71NO25. The molecule has 0 radical (unpaired) electrons. The molecule has 3 saturated heterocycles. The number of ether oxygens (including phenoxy) is 15. The third-order valence-electron chi connectivity index (χ3n) is 11.0. The van der Waals surface area contributed by atoms with Crippen molar-refractivity contribution < 1.29 is 119 Å². The number of carbonyl (C=O) groups excluding carboxylic acids is 10. The number of nitrogens with one attached hydrogen (secondary N) is 1. The van der Waals surface area contributed by atoms with Crippen LogP contribution in [-0.4, -0.2) is 178 Å². The first-order chi connectivity index (χ1) is 34.4. The monoisotopic (exact) mass is 1050 g/mol. The average Bonchev–Trinajstić information content (AvgIpc) is 3.28. The summed E-state index contributed by atoms with van der Waals surface area (Å²) in [5.41, 5.74) is 0. The lowest BCUT2D eigenvalue weighted by molar-refractivity contribution is -0.373. The van der Waals surface area contributed by atoms with E-state index in [0.29, 0.717) is 6.42 Å². The zero-order valence-electron chi connectivity index (χ0n) is 43.1. The van der Waals surface area contributed by atoms with Crippen molar-refractivity contribution in [3.63, 3.8) is 0 Å². The van der Waals surface area contributed by atoms with Crippen LogP contribution in [0.4, 0.5) is 0 Å². The largest absolute Gasteiger partial charge is 0.463 e.